The van der Waals surface area contributed by atoms with Gasteiger partial charge >= 0.3 is 0 Å². The van der Waals surface area contributed by atoms with Crippen molar-refractivity contribution in [3.63, 3.8) is 0 Å². The molecule has 2 saturated heterocycles. The Hall–Kier alpha value is -1.73. The van der Waals surface area contributed by atoms with Gasteiger partial charge in [-0.1, -0.05) is 6.92 Å². The fraction of sp³-hybridized carbons (Fsp3) is 0.609. The third kappa shape index (κ3) is 8.71. The second-order valence-electron chi connectivity index (χ2n) is 11.8. The predicted octanol–water partition coefficient (Wildman–Crippen LogP) is -3.93. The third-order valence-corrected chi connectivity index (χ3v) is 12.1. The number of phosphoric acid groups is 3. The molecular formula is C23H32N9O16P3Y-4. The number of ether oxygens (including phenoxy) is 2. The number of phosphoric ester groups is 2. The number of aromatic nitrogens is 4. The number of aromatic amines is 1. The van der Waals surface area contributed by atoms with Crippen LogP contribution in [-0.2, 0) is 73.5 Å². The van der Waals surface area contributed by atoms with Crippen LogP contribution in [-0.4, -0.2) is 114 Å². The van der Waals surface area contributed by atoms with Gasteiger partial charge in [0.25, 0.3) is 29.0 Å². The molecule has 25 nitrogen and oxygen atoms in total. The van der Waals surface area contributed by atoms with E-state index in [2.05, 4.69) is 42.9 Å². The number of likely N-dealkylation sites (N-methyl/N-ethyl adjacent to an activating group) is 1. The number of aliphatic imine (C=N–C) groups is 1. The molecule has 0 bridgehead atoms. The largest absolute Gasteiger partial charge is 0.756 e. The van der Waals surface area contributed by atoms with Crippen LogP contribution in [0.4, 0.5) is 5.95 Å². The molecule has 2 aromatic rings. The third-order valence-electron chi connectivity index (χ3n) is 8.01. The van der Waals surface area contributed by atoms with E-state index in [4.69, 9.17) is 15.2 Å². The molecule has 4 aliphatic heterocycles. The van der Waals surface area contributed by atoms with E-state index in [0.717, 1.165) is 10.9 Å². The van der Waals surface area contributed by atoms with Crippen molar-refractivity contribution < 1.29 is 104 Å². The van der Waals surface area contributed by atoms with Crippen molar-refractivity contribution in [3.8, 4) is 0 Å². The van der Waals surface area contributed by atoms with Gasteiger partial charge in [-0.15, -0.1) is 5.92 Å². The van der Waals surface area contributed by atoms with E-state index in [-0.39, 0.29) is 62.4 Å². The molecule has 0 amide bonds. The minimum absolute atomic E-state index is 0. The summed E-state index contributed by atoms with van der Waals surface area (Å²) in [6.45, 7) is 1.82. The summed E-state index contributed by atoms with van der Waals surface area (Å²) >= 11 is 0. The number of imidazole rings is 1. The number of H-pyrrole nitrogens is 1. The molecule has 6 unspecified atom stereocenters. The molecule has 6 heterocycles. The van der Waals surface area contributed by atoms with Gasteiger partial charge in [0.1, 0.15) is 41.9 Å². The zero-order valence-electron chi connectivity index (χ0n) is 27.2. The summed E-state index contributed by atoms with van der Waals surface area (Å²) in [6.07, 6.45) is -6.85. The van der Waals surface area contributed by atoms with E-state index in [9.17, 15) is 48.5 Å². The Morgan fingerprint density at radius 3 is 2.38 bits per heavy atom. The Bertz CT molecular complexity index is 1950. The van der Waals surface area contributed by atoms with Crippen molar-refractivity contribution in [1.82, 2.24) is 34.6 Å². The maximum atomic E-state index is 12.4. The first kappa shape index (κ1) is 41.4. The van der Waals surface area contributed by atoms with Gasteiger partial charge in [0.2, 0.25) is 5.95 Å². The summed E-state index contributed by atoms with van der Waals surface area (Å²) in [5.74, 6) is 0.371. The summed E-state index contributed by atoms with van der Waals surface area (Å²) in [5.41, 5.74) is 4.99. The summed E-state index contributed by atoms with van der Waals surface area (Å²) in [5, 5.41) is 34.4. The summed E-state index contributed by atoms with van der Waals surface area (Å²) < 4.78 is 66.2. The van der Waals surface area contributed by atoms with Crippen molar-refractivity contribution >= 4 is 46.4 Å². The van der Waals surface area contributed by atoms with Gasteiger partial charge in [-0.2, -0.15) is 4.98 Å². The molecule has 1 radical (unpaired) electrons. The molecular weight excluding hydrogens is 840 g/mol. The Kier molecular flexibility index (Phi) is 12.3. The Balaban J connectivity index is 0.00000523. The minimum atomic E-state index is -6.23. The van der Waals surface area contributed by atoms with Gasteiger partial charge in [-0.25, -0.2) is 18.6 Å². The average Bonchev–Trinajstić information content (AvgIpc) is 3.74. The molecule has 4 aliphatic rings. The fourth-order valence-corrected chi connectivity index (χ4v) is 9.29. The molecule has 11 atom stereocenters. The van der Waals surface area contributed by atoms with Crippen LogP contribution in [0, 0.1) is 12.3 Å². The Morgan fingerprint density at radius 1 is 1.06 bits per heavy atom. The molecule has 2 aromatic heterocycles. The second-order valence-corrected chi connectivity index (χ2v) is 16.3. The molecule has 0 saturated carbocycles. The number of aliphatic hydroxyl groups is 3. The van der Waals surface area contributed by atoms with Crippen molar-refractivity contribution in [1.29, 1.82) is 0 Å². The zero-order chi connectivity index (χ0) is 37.2. The van der Waals surface area contributed by atoms with Crippen LogP contribution in [0.25, 0.3) is 11.2 Å². The molecule has 2 fully saturated rings. The molecule has 0 aromatic carbocycles. The summed E-state index contributed by atoms with van der Waals surface area (Å²) in [4.78, 5) is 66.6. The van der Waals surface area contributed by atoms with Crippen LogP contribution in [0.15, 0.2) is 27.6 Å². The smallest absolute Gasteiger partial charge is 0.280 e. The molecule has 52 heavy (non-hydrogen) atoms. The predicted molar refractivity (Wildman–Crippen MR) is 161 cm³/mol. The number of amidine groups is 1. The number of aliphatic hydroxyl groups excluding tert-OH is 3. The topological polar surface area (TPSA) is 357 Å². The minimum Gasteiger partial charge on any atom is -0.756 e. The zero-order valence-corrected chi connectivity index (χ0v) is 32.7. The van der Waals surface area contributed by atoms with Gasteiger partial charge in [-0.05, 0) is 13.0 Å². The van der Waals surface area contributed by atoms with Crippen molar-refractivity contribution in [2.24, 2.45) is 10.9 Å². The Labute approximate surface area is 318 Å². The van der Waals surface area contributed by atoms with Crippen LogP contribution in [0.2, 0.25) is 0 Å². The summed E-state index contributed by atoms with van der Waals surface area (Å²) in [6, 6.07) is 0. The number of nitrogens with one attached hydrogen (secondary N) is 2. The van der Waals surface area contributed by atoms with Crippen molar-refractivity contribution in [2.75, 3.05) is 32.7 Å². The molecule has 6 rings (SSSR count). The van der Waals surface area contributed by atoms with Gasteiger partial charge in [0.05, 0.1) is 26.2 Å². The van der Waals surface area contributed by atoms with E-state index in [0.29, 0.717) is 17.4 Å². The maximum absolute atomic E-state index is 12.4. The van der Waals surface area contributed by atoms with Gasteiger partial charge in [0.15, 0.2) is 23.6 Å². The van der Waals surface area contributed by atoms with E-state index in [1.54, 1.807) is 37.1 Å². The number of anilines is 1. The standard InChI is InChI=1S/C23H35N9O16P3.Y/c1-9-4-11(45-21(9)32-8-30(3)14-18(32)26-10(2)27-20(14)36)5-43-49(37,38)47-51(41,42)48-50(39,40)44-6-12-15(33)16(34)22(46-12)31-7-25-13-17(31)28-23(24)29-19(13)35;/h4,7,9,11-12,15-16,20-22,33-34,36H,5-6,8H2,1-3H3,(H,26,27)(H,37,38)(H,39,40)(H,41,42)(H3,24,28,29,35);/q-1;/p-3/t9-,11-,12+,15?,16?,20?,21+,22+;/m0./s1. The maximum Gasteiger partial charge on any atom is 0.280 e. The monoisotopic (exact) mass is 872 g/mol. The number of nitrogens with two attached hydrogens (primary N) is 1. The van der Waals surface area contributed by atoms with Crippen molar-refractivity contribution in [2.45, 2.75) is 56.9 Å². The molecule has 287 valence electrons. The van der Waals surface area contributed by atoms with Crippen LogP contribution in [0.1, 0.15) is 20.1 Å². The second kappa shape index (κ2) is 15.4. The quantitative estimate of drug-likeness (QED) is 0.0876. The first-order valence-electron chi connectivity index (χ1n) is 14.8. The van der Waals surface area contributed by atoms with E-state index < -0.39 is 85.3 Å². The number of rotatable bonds is 12. The molecule has 0 aliphatic carbocycles. The molecule has 7 N–H and O–H groups in total. The Morgan fingerprint density at radius 2 is 1.71 bits per heavy atom. The summed E-state index contributed by atoms with van der Waals surface area (Å²) in [7, 11) is -16.2. The molecule has 29 heteroatoms. The first-order valence-corrected chi connectivity index (χ1v) is 19.2. The van der Waals surface area contributed by atoms with E-state index in [1.807, 2.05) is 0 Å². The first-order chi connectivity index (χ1) is 23.7. The number of hydrogen-bond acceptors (Lipinski definition) is 23. The normalized spacial score (nSPS) is 32.5. The fourth-order valence-electron chi connectivity index (χ4n) is 5.91. The number of hydrogen-bond donors (Lipinski definition) is 6. The van der Waals surface area contributed by atoms with Gasteiger partial charge < -0.3 is 69.4 Å². The number of nitrogen functional groups attached to an aromatic ring is 1. The van der Waals surface area contributed by atoms with E-state index >= 15 is 0 Å². The van der Waals surface area contributed by atoms with Crippen LogP contribution >= 0.6 is 23.5 Å². The van der Waals surface area contributed by atoms with Gasteiger partial charge in [0, 0.05) is 39.8 Å². The molecule has 0 spiro atoms. The van der Waals surface area contributed by atoms with Gasteiger partial charge in [-0.3, -0.25) is 34.5 Å². The van der Waals surface area contributed by atoms with Crippen LogP contribution in [0.3, 0.4) is 0 Å². The van der Waals surface area contributed by atoms with E-state index in [1.165, 1.54) is 0 Å². The number of fused-ring (bicyclic) bond motifs is 1. The van der Waals surface area contributed by atoms with Crippen LogP contribution in [0.5, 0.6) is 0 Å². The van der Waals surface area contributed by atoms with Crippen molar-refractivity contribution in [3.05, 3.63) is 34.6 Å². The van der Waals surface area contributed by atoms with Crippen LogP contribution < -0.4 is 31.3 Å². The average molecular weight is 872 g/mol. The number of nitrogens with zero attached hydrogens (tertiary/aromatic N) is 6. The SMILES string of the molecule is CC1=NC(O)C2=C(N1)N([C@@H]1O[C@H](COP(=O)([O-])OP(=O)([O-])OP(=O)([O-])OC[C@H]3O[C@@H](n4cnc5c(=O)[nH]c(N)nc54)C(O)C3O)[CH-][C@@H]1C)CN2C.[Y].